The third kappa shape index (κ3) is 4.88. The number of hydrogen-bond acceptors (Lipinski definition) is 7. The maximum absolute atomic E-state index is 13.0. The molecule has 1 N–H and O–H groups in total. The van der Waals surface area contributed by atoms with Crippen LogP contribution >= 0.6 is 0 Å². The molecule has 4 rings (SSSR count). The van der Waals surface area contributed by atoms with Crippen molar-refractivity contribution in [1.29, 1.82) is 0 Å². The van der Waals surface area contributed by atoms with Crippen LogP contribution < -0.4 is 5.32 Å². The van der Waals surface area contributed by atoms with E-state index in [1.54, 1.807) is 16.9 Å². The zero-order valence-corrected chi connectivity index (χ0v) is 20.0. The van der Waals surface area contributed by atoms with Gasteiger partial charge in [-0.1, -0.05) is 19.3 Å². The van der Waals surface area contributed by atoms with Gasteiger partial charge in [0.15, 0.2) is 12.3 Å². The van der Waals surface area contributed by atoms with Crippen molar-refractivity contribution < 1.29 is 23.5 Å². The van der Waals surface area contributed by atoms with Gasteiger partial charge in [-0.15, -0.1) is 0 Å². The fourth-order valence-corrected chi connectivity index (χ4v) is 4.44. The molecule has 0 bridgehead atoms. The van der Waals surface area contributed by atoms with E-state index in [4.69, 9.17) is 14.1 Å². The first-order valence-corrected chi connectivity index (χ1v) is 11.7. The van der Waals surface area contributed by atoms with Crippen LogP contribution in [0.1, 0.15) is 73.9 Å². The first kappa shape index (κ1) is 23.7. The number of hydrogen-bond donors (Lipinski definition) is 1. The van der Waals surface area contributed by atoms with Gasteiger partial charge < -0.3 is 9.15 Å². The number of furan rings is 1. The number of fused-ring (bicyclic) bond motifs is 1. The van der Waals surface area contributed by atoms with Crippen LogP contribution in [-0.2, 0) is 14.3 Å². The van der Waals surface area contributed by atoms with Gasteiger partial charge in [0.1, 0.15) is 11.5 Å². The molecule has 0 atom stereocenters. The summed E-state index contributed by atoms with van der Waals surface area (Å²) >= 11 is 0. The number of carbonyl (C=O) groups excluding carboxylic acids is 3. The largest absolute Gasteiger partial charge is 0.466 e. The van der Waals surface area contributed by atoms with E-state index in [0.717, 1.165) is 43.4 Å². The number of nitrogens with one attached hydrogen (secondary N) is 1. The number of rotatable bonds is 6. The smallest absolute Gasteiger partial charge is 0.339 e. The van der Waals surface area contributed by atoms with Crippen molar-refractivity contribution in [3.63, 3.8) is 0 Å². The summed E-state index contributed by atoms with van der Waals surface area (Å²) < 4.78 is 12.7. The summed E-state index contributed by atoms with van der Waals surface area (Å²) in [7, 11) is 0. The summed E-state index contributed by atoms with van der Waals surface area (Å²) in [5.41, 5.74) is 2.10. The normalized spacial score (nSPS) is 14.5. The second kappa shape index (κ2) is 9.79. The number of aryl methyl sites for hydroxylation is 2. The van der Waals surface area contributed by atoms with E-state index in [0.29, 0.717) is 22.5 Å². The van der Waals surface area contributed by atoms with Crippen LogP contribution in [-0.4, -0.2) is 39.2 Å². The number of carbonyl (C=O) groups is 3. The highest BCUT2D eigenvalue weighted by Crippen LogP contribution is 2.30. The summed E-state index contributed by atoms with van der Waals surface area (Å²) in [5.74, 6) is -0.351. The van der Waals surface area contributed by atoms with Gasteiger partial charge in [0.25, 0.3) is 5.91 Å². The van der Waals surface area contributed by atoms with Crippen LogP contribution in [0.3, 0.4) is 0 Å². The predicted octanol–water partition coefficient (Wildman–Crippen LogP) is 4.27. The summed E-state index contributed by atoms with van der Waals surface area (Å²) in [6.45, 7) is 7.08. The molecule has 1 aliphatic rings. The molecule has 1 saturated carbocycles. The van der Waals surface area contributed by atoms with Crippen molar-refractivity contribution >= 4 is 28.8 Å². The highest BCUT2D eigenvalue weighted by atomic mass is 16.5. The Morgan fingerprint density at radius 3 is 2.56 bits per heavy atom. The molecule has 3 heterocycles. The van der Waals surface area contributed by atoms with Gasteiger partial charge in [-0.05, 0) is 52.7 Å². The Morgan fingerprint density at radius 1 is 1.18 bits per heavy atom. The zero-order valence-electron chi connectivity index (χ0n) is 20.0. The molecule has 3 aromatic rings. The Hall–Kier alpha value is -3.49. The Bertz CT molecular complexity index is 1230. The molecule has 2 amide bonds. The van der Waals surface area contributed by atoms with E-state index < -0.39 is 18.5 Å². The minimum absolute atomic E-state index is 0.0212. The summed E-state index contributed by atoms with van der Waals surface area (Å²) in [6, 6.07) is 3.51. The molecule has 0 radical (unpaired) electrons. The van der Waals surface area contributed by atoms with Crippen LogP contribution in [0.25, 0.3) is 22.3 Å². The van der Waals surface area contributed by atoms with E-state index in [9.17, 15) is 14.4 Å². The molecular formula is C25H30N4O5. The molecule has 1 aliphatic carbocycles. The number of esters is 1. The summed E-state index contributed by atoms with van der Waals surface area (Å²) in [6.07, 6.45) is 6.22. The van der Waals surface area contributed by atoms with Gasteiger partial charge in [0, 0.05) is 17.5 Å². The highest BCUT2D eigenvalue weighted by Gasteiger charge is 2.24. The van der Waals surface area contributed by atoms with Crippen LogP contribution in [0.15, 0.2) is 22.7 Å². The first-order valence-electron chi connectivity index (χ1n) is 11.7. The highest BCUT2D eigenvalue weighted by molar-refractivity contribution is 6.05. The fourth-order valence-electron chi connectivity index (χ4n) is 4.44. The number of nitrogens with zero attached hydrogens (tertiary/aromatic N) is 3. The lowest BCUT2D eigenvalue weighted by Crippen LogP contribution is -2.38. The number of aromatic nitrogens is 3. The number of pyridine rings is 1. The molecule has 34 heavy (non-hydrogen) atoms. The molecule has 0 spiro atoms. The van der Waals surface area contributed by atoms with E-state index in [-0.39, 0.29) is 23.4 Å². The van der Waals surface area contributed by atoms with Crippen molar-refractivity contribution in [1.82, 2.24) is 20.1 Å². The lowest BCUT2D eigenvalue weighted by molar-refractivity contribution is -0.135. The summed E-state index contributed by atoms with van der Waals surface area (Å²) in [5, 5.41) is 7.28. The van der Waals surface area contributed by atoms with Crippen molar-refractivity contribution in [2.45, 2.75) is 65.8 Å². The molecule has 9 nitrogen and oxygen atoms in total. The van der Waals surface area contributed by atoms with Gasteiger partial charge >= 0.3 is 5.97 Å². The minimum atomic E-state index is -0.685. The Kier molecular flexibility index (Phi) is 6.81. The van der Waals surface area contributed by atoms with Crippen molar-refractivity contribution in [3.05, 3.63) is 35.4 Å². The SMILES string of the molecule is Cc1cc(-c2cc(C(=O)OCC(=O)NC(=O)C3CCCCC3)c3cnn(C(C)C)c3n2)c(C)o1. The molecule has 180 valence electrons. The summed E-state index contributed by atoms with van der Waals surface area (Å²) in [4.78, 5) is 42.3. The molecule has 0 saturated heterocycles. The molecule has 0 aliphatic heterocycles. The molecule has 0 unspecified atom stereocenters. The van der Waals surface area contributed by atoms with Gasteiger partial charge in [-0.2, -0.15) is 5.10 Å². The topological polar surface area (TPSA) is 116 Å². The lowest BCUT2D eigenvalue weighted by atomic mass is 9.89. The average molecular weight is 467 g/mol. The third-order valence-corrected chi connectivity index (χ3v) is 6.17. The van der Waals surface area contributed by atoms with Crippen LogP contribution in [0.2, 0.25) is 0 Å². The van der Waals surface area contributed by atoms with Crippen LogP contribution in [0.5, 0.6) is 0 Å². The van der Waals surface area contributed by atoms with Gasteiger partial charge in [0.05, 0.1) is 22.8 Å². The van der Waals surface area contributed by atoms with Gasteiger partial charge in [-0.3, -0.25) is 14.9 Å². The van der Waals surface area contributed by atoms with Crippen molar-refractivity contribution in [3.8, 4) is 11.3 Å². The van der Waals surface area contributed by atoms with E-state index in [2.05, 4.69) is 10.4 Å². The number of ether oxygens (including phenoxy) is 1. The average Bonchev–Trinajstić information content (AvgIpc) is 3.39. The van der Waals surface area contributed by atoms with Crippen molar-refractivity contribution in [2.24, 2.45) is 5.92 Å². The van der Waals surface area contributed by atoms with E-state index in [1.807, 2.05) is 33.8 Å². The van der Waals surface area contributed by atoms with Crippen molar-refractivity contribution in [2.75, 3.05) is 6.61 Å². The maximum atomic E-state index is 13.0. The van der Waals surface area contributed by atoms with E-state index in [1.165, 1.54) is 0 Å². The van der Waals surface area contributed by atoms with Gasteiger partial charge in [-0.25, -0.2) is 14.5 Å². The quantitative estimate of drug-likeness (QED) is 0.539. The molecule has 3 aromatic heterocycles. The van der Waals surface area contributed by atoms with Gasteiger partial charge in [0.2, 0.25) is 5.91 Å². The maximum Gasteiger partial charge on any atom is 0.339 e. The first-order chi connectivity index (χ1) is 16.2. The Labute approximate surface area is 197 Å². The predicted molar refractivity (Wildman–Crippen MR) is 125 cm³/mol. The lowest BCUT2D eigenvalue weighted by Gasteiger charge is -2.20. The molecule has 9 heteroatoms. The van der Waals surface area contributed by atoms with E-state index >= 15 is 0 Å². The number of amides is 2. The molecule has 1 fully saturated rings. The van der Waals surface area contributed by atoms with Crippen LogP contribution in [0, 0.1) is 19.8 Å². The monoisotopic (exact) mass is 466 g/mol. The zero-order chi connectivity index (χ0) is 24.4. The number of imide groups is 1. The molecule has 0 aromatic carbocycles. The van der Waals surface area contributed by atoms with Crippen LogP contribution in [0.4, 0.5) is 0 Å². The molecular weight excluding hydrogens is 436 g/mol. The second-order valence-electron chi connectivity index (χ2n) is 9.13. The minimum Gasteiger partial charge on any atom is -0.466 e. The third-order valence-electron chi connectivity index (χ3n) is 6.17. The second-order valence-corrected chi connectivity index (χ2v) is 9.13. The Morgan fingerprint density at radius 2 is 1.91 bits per heavy atom. The Balaban J connectivity index is 1.56. The standard InChI is InChI=1S/C25H30N4O5/c1-14(2)29-23-20(12-26-29)19(11-21(27-23)18-10-15(3)34-16(18)4)25(32)33-13-22(30)28-24(31)17-8-6-5-7-9-17/h10-12,14,17H,5-9,13H2,1-4H3,(H,28,30,31). The fraction of sp³-hybridized carbons (Fsp3) is 0.480.